The van der Waals surface area contributed by atoms with E-state index in [0.29, 0.717) is 22.5 Å². The van der Waals surface area contributed by atoms with Crippen molar-refractivity contribution in [3.8, 4) is 11.4 Å². The fourth-order valence-corrected chi connectivity index (χ4v) is 4.93. The molecule has 0 radical (unpaired) electrons. The summed E-state index contributed by atoms with van der Waals surface area (Å²) < 4.78 is 13.1. The Morgan fingerprint density at radius 2 is 1.76 bits per heavy atom. The fourth-order valence-electron chi connectivity index (χ4n) is 4.75. The van der Waals surface area contributed by atoms with Gasteiger partial charge in [0.2, 0.25) is 0 Å². The molecule has 1 N–H and O–H groups in total. The highest BCUT2D eigenvalue weighted by molar-refractivity contribution is 6.29. The Hall–Kier alpha value is -3.68. The van der Waals surface area contributed by atoms with E-state index in [9.17, 15) is 9.18 Å². The SMILES string of the molecule is Cc1ccc(NC(=O)c2ccnc(Cl)c2)c(C2CCN(Cc3ccc(-c4ncc(F)cn4)cc3)CC2)c1. The van der Waals surface area contributed by atoms with Gasteiger partial charge in [0.05, 0.1) is 12.4 Å². The molecule has 0 atom stereocenters. The Labute approximate surface area is 220 Å². The zero-order chi connectivity index (χ0) is 25.8. The lowest BCUT2D eigenvalue weighted by Gasteiger charge is -2.33. The van der Waals surface area contributed by atoms with Gasteiger partial charge in [-0.15, -0.1) is 0 Å². The maximum absolute atomic E-state index is 13.1. The molecule has 1 amide bonds. The van der Waals surface area contributed by atoms with E-state index in [4.69, 9.17) is 11.6 Å². The quantitative estimate of drug-likeness (QED) is 0.306. The number of aromatic nitrogens is 3. The predicted molar refractivity (Wildman–Crippen MR) is 143 cm³/mol. The zero-order valence-electron chi connectivity index (χ0n) is 20.5. The third kappa shape index (κ3) is 6.18. The Bertz CT molecular complexity index is 1390. The number of pyridine rings is 1. The van der Waals surface area contributed by atoms with E-state index in [1.54, 1.807) is 12.1 Å². The van der Waals surface area contributed by atoms with Gasteiger partial charge in [0.1, 0.15) is 5.15 Å². The van der Waals surface area contributed by atoms with Crippen molar-refractivity contribution >= 4 is 23.2 Å². The number of likely N-dealkylation sites (tertiary alicyclic amines) is 1. The number of carbonyl (C=O) groups excluding carboxylic acids is 1. The number of aryl methyl sites for hydroxylation is 1. The third-order valence-corrected chi connectivity index (χ3v) is 6.92. The van der Waals surface area contributed by atoms with Crippen LogP contribution in [0.25, 0.3) is 11.4 Å². The number of halogens is 2. The Morgan fingerprint density at radius 3 is 2.46 bits per heavy atom. The average molecular weight is 516 g/mol. The number of rotatable bonds is 6. The highest BCUT2D eigenvalue weighted by atomic mass is 35.5. The van der Waals surface area contributed by atoms with Crippen LogP contribution in [0.15, 0.2) is 73.2 Å². The van der Waals surface area contributed by atoms with Crippen LogP contribution in [-0.2, 0) is 6.54 Å². The van der Waals surface area contributed by atoms with Gasteiger partial charge in [-0.3, -0.25) is 9.69 Å². The molecular formula is C29H27ClFN5O. The minimum Gasteiger partial charge on any atom is -0.322 e. The lowest BCUT2D eigenvalue weighted by atomic mass is 9.87. The minimum absolute atomic E-state index is 0.193. The summed E-state index contributed by atoms with van der Waals surface area (Å²) in [5, 5.41) is 3.38. The Morgan fingerprint density at radius 1 is 1.03 bits per heavy atom. The maximum atomic E-state index is 13.1. The number of amides is 1. The van der Waals surface area contributed by atoms with Crippen LogP contribution in [0.3, 0.4) is 0 Å². The molecule has 2 aromatic carbocycles. The van der Waals surface area contributed by atoms with Crippen molar-refractivity contribution in [1.82, 2.24) is 19.9 Å². The number of piperidine rings is 1. The fraction of sp³-hybridized carbons (Fsp3) is 0.241. The average Bonchev–Trinajstić information content (AvgIpc) is 2.91. The third-order valence-electron chi connectivity index (χ3n) is 6.71. The van der Waals surface area contributed by atoms with E-state index in [1.165, 1.54) is 35.3 Å². The molecule has 2 aromatic heterocycles. The van der Waals surface area contributed by atoms with Crippen molar-refractivity contribution in [3.05, 3.63) is 106 Å². The molecule has 1 aliphatic rings. The molecule has 188 valence electrons. The smallest absolute Gasteiger partial charge is 0.255 e. The highest BCUT2D eigenvalue weighted by Gasteiger charge is 2.24. The van der Waals surface area contributed by atoms with Crippen molar-refractivity contribution in [2.75, 3.05) is 18.4 Å². The molecule has 5 rings (SSSR count). The summed E-state index contributed by atoms with van der Waals surface area (Å²) >= 11 is 5.96. The van der Waals surface area contributed by atoms with E-state index in [2.05, 4.69) is 50.3 Å². The second-order valence-electron chi connectivity index (χ2n) is 9.38. The van der Waals surface area contributed by atoms with E-state index >= 15 is 0 Å². The molecule has 3 heterocycles. The van der Waals surface area contributed by atoms with E-state index in [-0.39, 0.29) is 5.91 Å². The van der Waals surface area contributed by atoms with Gasteiger partial charge in [-0.1, -0.05) is 53.6 Å². The van der Waals surface area contributed by atoms with Gasteiger partial charge in [0.25, 0.3) is 5.91 Å². The van der Waals surface area contributed by atoms with Crippen LogP contribution < -0.4 is 5.32 Å². The number of nitrogens with zero attached hydrogens (tertiary/aromatic N) is 4. The van der Waals surface area contributed by atoms with Crippen molar-refractivity contribution in [2.45, 2.75) is 32.2 Å². The maximum Gasteiger partial charge on any atom is 0.255 e. The molecule has 0 spiro atoms. The van der Waals surface area contributed by atoms with Crippen LogP contribution in [0, 0.1) is 12.7 Å². The number of hydrogen-bond donors (Lipinski definition) is 1. The van der Waals surface area contributed by atoms with Crippen molar-refractivity contribution in [1.29, 1.82) is 0 Å². The molecule has 4 aromatic rings. The van der Waals surface area contributed by atoms with Gasteiger partial charge in [-0.2, -0.15) is 0 Å². The van der Waals surface area contributed by atoms with Gasteiger partial charge in [0.15, 0.2) is 11.6 Å². The second-order valence-corrected chi connectivity index (χ2v) is 9.77. The normalized spacial score (nSPS) is 14.5. The van der Waals surface area contributed by atoms with Crippen LogP contribution in [0.2, 0.25) is 5.15 Å². The summed E-state index contributed by atoms with van der Waals surface area (Å²) in [5.74, 6) is 0.247. The predicted octanol–water partition coefficient (Wildman–Crippen LogP) is 6.27. The molecule has 8 heteroatoms. The Balaban J connectivity index is 1.21. The van der Waals surface area contributed by atoms with Crippen LogP contribution >= 0.6 is 11.6 Å². The first-order valence-corrected chi connectivity index (χ1v) is 12.6. The molecule has 0 unspecified atom stereocenters. The monoisotopic (exact) mass is 515 g/mol. The van der Waals surface area contributed by atoms with Gasteiger partial charge in [0, 0.05) is 29.6 Å². The standard InChI is InChI=1S/C29H27ClFN5O/c1-19-2-7-26(35-29(37)23-8-11-32-27(30)15-23)25(14-19)21-9-12-36(13-10-21)18-20-3-5-22(6-4-20)28-33-16-24(31)17-34-28/h2-8,11,14-17,21H,9-10,12-13,18H2,1H3,(H,35,37). The number of nitrogens with one attached hydrogen (secondary N) is 1. The van der Waals surface area contributed by atoms with Crippen molar-refractivity contribution in [2.24, 2.45) is 0 Å². The molecule has 1 aliphatic heterocycles. The van der Waals surface area contributed by atoms with Gasteiger partial charge in [-0.05, 0) is 68.1 Å². The molecule has 1 fully saturated rings. The van der Waals surface area contributed by atoms with Crippen LogP contribution in [0.5, 0.6) is 0 Å². The first kappa shape index (κ1) is 25.0. The van der Waals surface area contributed by atoms with E-state index in [0.717, 1.165) is 43.7 Å². The zero-order valence-corrected chi connectivity index (χ0v) is 21.3. The summed E-state index contributed by atoms with van der Waals surface area (Å²) in [6, 6.07) is 17.5. The Kier molecular flexibility index (Phi) is 7.53. The van der Waals surface area contributed by atoms with E-state index in [1.807, 2.05) is 24.3 Å². The first-order valence-electron chi connectivity index (χ1n) is 12.3. The van der Waals surface area contributed by atoms with Crippen molar-refractivity contribution in [3.63, 3.8) is 0 Å². The lowest BCUT2D eigenvalue weighted by molar-refractivity contribution is 0.102. The summed E-state index contributed by atoms with van der Waals surface area (Å²) in [4.78, 5) is 27.3. The molecule has 0 aliphatic carbocycles. The number of hydrogen-bond acceptors (Lipinski definition) is 5. The molecule has 1 saturated heterocycles. The summed E-state index contributed by atoms with van der Waals surface area (Å²) in [5.41, 5.74) is 5.76. The van der Waals surface area contributed by atoms with Crippen LogP contribution in [-0.4, -0.2) is 38.8 Å². The van der Waals surface area contributed by atoms with Gasteiger partial charge in [-0.25, -0.2) is 19.3 Å². The largest absolute Gasteiger partial charge is 0.322 e. The topological polar surface area (TPSA) is 71.0 Å². The summed E-state index contributed by atoms with van der Waals surface area (Å²) in [6.45, 7) is 4.87. The summed E-state index contributed by atoms with van der Waals surface area (Å²) in [7, 11) is 0. The van der Waals surface area contributed by atoms with Gasteiger partial charge < -0.3 is 5.32 Å². The number of benzene rings is 2. The molecule has 37 heavy (non-hydrogen) atoms. The lowest BCUT2D eigenvalue weighted by Crippen LogP contribution is -2.32. The molecule has 0 saturated carbocycles. The molecule has 6 nitrogen and oxygen atoms in total. The first-order chi connectivity index (χ1) is 17.9. The number of anilines is 1. The second kappa shape index (κ2) is 11.2. The molecular weight excluding hydrogens is 489 g/mol. The van der Waals surface area contributed by atoms with Crippen LogP contribution in [0.1, 0.15) is 45.8 Å². The van der Waals surface area contributed by atoms with Gasteiger partial charge >= 0.3 is 0 Å². The highest BCUT2D eigenvalue weighted by Crippen LogP contribution is 2.34. The van der Waals surface area contributed by atoms with E-state index < -0.39 is 5.82 Å². The number of carbonyl (C=O) groups is 1. The van der Waals surface area contributed by atoms with Crippen LogP contribution in [0.4, 0.5) is 10.1 Å². The minimum atomic E-state index is -0.442. The summed E-state index contributed by atoms with van der Waals surface area (Å²) in [6.07, 6.45) is 5.91. The van der Waals surface area contributed by atoms with Crippen molar-refractivity contribution < 1.29 is 9.18 Å². The molecule has 0 bridgehead atoms.